The van der Waals surface area contributed by atoms with Crippen molar-refractivity contribution in [2.45, 2.75) is 96.9 Å². The maximum absolute atomic E-state index is 12.8. The fraction of sp³-hybridized carbons (Fsp3) is 0.889. The summed E-state index contributed by atoms with van der Waals surface area (Å²) in [4.78, 5) is 26.6. The molecule has 3 unspecified atom stereocenters. The van der Waals surface area contributed by atoms with E-state index in [1.165, 1.54) is 0 Å². The van der Waals surface area contributed by atoms with Crippen molar-refractivity contribution in [3.63, 3.8) is 0 Å². The molecule has 6 nitrogen and oxygen atoms in total. The van der Waals surface area contributed by atoms with Crippen LogP contribution in [0.3, 0.4) is 0 Å². The van der Waals surface area contributed by atoms with Gasteiger partial charge in [0.05, 0.1) is 6.10 Å². The molecule has 24 heavy (non-hydrogen) atoms. The molecule has 1 saturated heterocycles. The van der Waals surface area contributed by atoms with Gasteiger partial charge < -0.3 is 20.1 Å². The number of carbonyl (C=O) groups is 2. The van der Waals surface area contributed by atoms with Crippen molar-refractivity contribution >= 4 is 12.0 Å². The molecule has 140 valence electrons. The molecule has 0 aromatic carbocycles. The van der Waals surface area contributed by atoms with Crippen molar-refractivity contribution < 1.29 is 19.4 Å². The number of ether oxygens (including phenoxy) is 1. The quantitative estimate of drug-likeness (QED) is 0.697. The Morgan fingerprint density at radius 1 is 1.29 bits per heavy atom. The molecule has 0 aromatic rings. The van der Waals surface area contributed by atoms with Gasteiger partial charge in [0.1, 0.15) is 11.6 Å². The van der Waals surface area contributed by atoms with E-state index in [0.717, 1.165) is 25.7 Å². The molecule has 1 aliphatic rings. The lowest BCUT2D eigenvalue weighted by Crippen LogP contribution is -2.50. The maximum atomic E-state index is 12.8. The van der Waals surface area contributed by atoms with Crippen LogP contribution < -0.4 is 5.32 Å². The van der Waals surface area contributed by atoms with Gasteiger partial charge in [0.15, 0.2) is 0 Å². The standard InChI is InChI=1S/C18H34N2O4/c1-6-7-8-9-10-15(19-17(23)24-18(3,4)5)16(22)20-12-14(21)11-13(20)2/h13-15,21H,6-12H2,1-5H3,(H,19,23). The zero-order chi connectivity index (χ0) is 18.3. The van der Waals surface area contributed by atoms with Crippen LogP contribution in [0.25, 0.3) is 0 Å². The average Bonchev–Trinajstić information content (AvgIpc) is 2.78. The molecule has 0 spiro atoms. The summed E-state index contributed by atoms with van der Waals surface area (Å²) in [6.45, 7) is 9.78. The number of rotatable bonds is 7. The summed E-state index contributed by atoms with van der Waals surface area (Å²) in [5.41, 5.74) is -0.600. The number of β-amino-alcohol motifs (C(OH)–C–C–N with tert-alkyl or cyclic N) is 1. The maximum Gasteiger partial charge on any atom is 0.408 e. The van der Waals surface area contributed by atoms with Crippen LogP contribution in [0.5, 0.6) is 0 Å². The van der Waals surface area contributed by atoms with Gasteiger partial charge in [0.25, 0.3) is 0 Å². The second-order valence-electron chi connectivity index (χ2n) is 7.78. The van der Waals surface area contributed by atoms with Crippen molar-refractivity contribution in [2.24, 2.45) is 0 Å². The topological polar surface area (TPSA) is 78.9 Å². The van der Waals surface area contributed by atoms with Crippen molar-refractivity contribution in [1.29, 1.82) is 0 Å². The van der Waals surface area contributed by atoms with E-state index >= 15 is 0 Å². The Morgan fingerprint density at radius 2 is 1.96 bits per heavy atom. The molecule has 1 fully saturated rings. The number of aliphatic hydroxyl groups excluding tert-OH is 1. The molecule has 1 rings (SSSR count). The Labute approximate surface area is 145 Å². The van der Waals surface area contributed by atoms with Gasteiger partial charge in [-0.15, -0.1) is 0 Å². The minimum Gasteiger partial charge on any atom is -0.444 e. The van der Waals surface area contributed by atoms with Crippen LogP contribution in [0.2, 0.25) is 0 Å². The number of carbonyl (C=O) groups excluding carboxylic acids is 2. The molecule has 2 N–H and O–H groups in total. The normalized spacial score (nSPS) is 22.3. The van der Waals surface area contributed by atoms with Gasteiger partial charge in [-0.2, -0.15) is 0 Å². The Kier molecular flexibility index (Phi) is 8.00. The molecule has 0 aliphatic carbocycles. The lowest BCUT2D eigenvalue weighted by atomic mass is 10.1. The van der Waals surface area contributed by atoms with E-state index in [1.54, 1.807) is 25.7 Å². The highest BCUT2D eigenvalue weighted by Crippen LogP contribution is 2.20. The summed E-state index contributed by atoms with van der Waals surface area (Å²) < 4.78 is 5.29. The third kappa shape index (κ3) is 7.07. The summed E-state index contributed by atoms with van der Waals surface area (Å²) in [5.74, 6) is -0.124. The van der Waals surface area contributed by atoms with Gasteiger partial charge in [0, 0.05) is 12.6 Å². The summed E-state index contributed by atoms with van der Waals surface area (Å²) in [6, 6.07) is -0.601. The van der Waals surface area contributed by atoms with E-state index in [0.29, 0.717) is 19.4 Å². The highest BCUT2D eigenvalue weighted by atomic mass is 16.6. The minimum atomic E-state index is -0.600. The molecule has 0 aromatic heterocycles. The van der Waals surface area contributed by atoms with E-state index < -0.39 is 23.8 Å². The monoisotopic (exact) mass is 342 g/mol. The van der Waals surface area contributed by atoms with Crippen molar-refractivity contribution in [1.82, 2.24) is 10.2 Å². The Hall–Kier alpha value is -1.30. The van der Waals surface area contributed by atoms with Crippen LogP contribution in [0.1, 0.15) is 73.1 Å². The van der Waals surface area contributed by atoms with Crippen LogP contribution >= 0.6 is 0 Å². The number of aliphatic hydroxyl groups is 1. The number of alkyl carbamates (subject to hydrolysis) is 1. The van der Waals surface area contributed by atoms with Gasteiger partial charge in [-0.3, -0.25) is 4.79 Å². The van der Waals surface area contributed by atoms with Crippen LogP contribution in [-0.4, -0.2) is 52.3 Å². The van der Waals surface area contributed by atoms with E-state index in [-0.39, 0.29) is 11.9 Å². The van der Waals surface area contributed by atoms with Gasteiger partial charge in [-0.1, -0.05) is 32.6 Å². The van der Waals surface area contributed by atoms with Gasteiger partial charge in [-0.05, 0) is 40.5 Å². The molecular weight excluding hydrogens is 308 g/mol. The predicted octanol–water partition coefficient (Wildman–Crippen LogP) is 2.83. The fourth-order valence-corrected chi connectivity index (χ4v) is 2.99. The molecule has 0 bridgehead atoms. The summed E-state index contributed by atoms with van der Waals surface area (Å²) in [5, 5.41) is 12.5. The molecule has 1 aliphatic heterocycles. The Bertz CT molecular complexity index is 420. The average molecular weight is 342 g/mol. The van der Waals surface area contributed by atoms with E-state index in [2.05, 4.69) is 12.2 Å². The van der Waals surface area contributed by atoms with Crippen LogP contribution in [-0.2, 0) is 9.53 Å². The van der Waals surface area contributed by atoms with E-state index in [9.17, 15) is 14.7 Å². The molecule has 0 saturated carbocycles. The van der Waals surface area contributed by atoms with Crippen LogP contribution in [0, 0.1) is 0 Å². The van der Waals surface area contributed by atoms with Crippen LogP contribution in [0.4, 0.5) is 4.79 Å². The number of hydrogen-bond donors (Lipinski definition) is 2. The molecule has 0 radical (unpaired) electrons. The second kappa shape index (κ2) is 9.25. The summed E-state index contributed by atoms with van der Waals surface area (Å²) >= 11 is 0. The zero-order valence-electron chi connectivity index (χ0n) is 15.8. The predicted molar refractivity (Wildman–Crippen MR) is 93.7 cm³/mol. The first kappa shape index (κ1) is 20.7. The smallest absolute Gasteiger partial charge is 0.408 e. The molecule has 2 amide bonds. The number of unbranched alkanes of at least 4 members (excludes halogenated alkanes) is 3. The minimum absolute atomic E-state index is 0.00826. The number of likely N-dealkylation sites (tertiary alicyclic amines) is 1. The number of nitrogens with one attached hydrogen (secondary N) is 1. The largest absolute Gasteiger partial charge is 0.444 e. The molecule has 3 atom stereocenters. The van der Waals surface area contributed by atoms with Crippen molar-refractivity contribution in [3.8, 4) is 0 Å². The number of hydrogen-bond acceptors (Lipinski definition) is 4. The van der Waals surface area contributed by atoms with E-state index in [4.69, 9.17) is 4.74 Å². The SMILES string of the molecule is CCCCCCC(NC(=O)OC(C)(C)C)C(=O)N1CC(O)CC1C. The summed E-state index contributed by atoms with van der Waals surface area (Å²) in [7, 11) is 0. The first-order chi connectivity index (χ1) is 11.1. The number of amides is 2. The third-order valence-electron chi connectivity index (χ3n) is 4.17. The second-order valence-corrected chi connectivity index (χ2v) is 7.78. The first-order valence-electron chi connectivity index (χ1n) is 9.12. The van der Waals surface area contributed by atoms with Crippen LogP contribution in [0.15, 0.2) is 0 Å². The molecular formula is C18H34N2O4. The van der Waals surface area contributed by atoms with Gasteiger partial charge in [0.2, 0.25) is 5.91 Å². The lowest BCUT2D eigenvalue weighted by Gasteiger charge is -2.28. The van der Waals surface area contributed by atoms with Crippen molar-refractivity contribution in [2.75, 3.05) is 6.54 Å². The van der Waals surface area contributed by atoms with Gasteiger partial charge in [-0.25, -0.2) is 4.79 Å². The third-order valence-corrected chi connectivity index (χ3v) is 4.17. The lowest BCUT2D eigenvalue weighted by molar-refractivity contribution is -0.134. The Balaban J connectivity index is 2.69. The summed E-state index contributed by atoms with van der Waals surface area (Å²) in [6.07, 6.45) is 4.28. The van der Waals surface area contributed by atoms with Gasteiger partial charge >= 0.3 is 6.09 Å². The first-order valence-corrected chi connectivity index (χ1v) is 9.12. The highest BCUT2D eigenvalue weighted by molar-refractivity contribution is 5.86. The van der Waals surface area contributed by atoms with E-state index in [1.807, 2.05) is 6.92 Å². The Morgan fingerprint density at radius 3 is 2.46 bits per heavy atom. The number of nitrogens with zero attached hydrogens (tertiary/aromatic N) is 1. The molecule has 6 heteroatoms. The fourth-order valence-electron chi connectivity index (χ4n) is 2.99. The van der Waals surface area contributed by atoms with Crippen molar-refractivity contribution in [3.05, 3.63) is 0 Å². The zero-order valence-corrected chi connectivity index (χ0v) is 15.8. The highest BCUT2D eigenvalue weighted by Gasteiger charge is 2.35. The molecule has 1 heterocycles.